The predicted octanol–water partition coefficient (Wildman–Crippen LogP) is 3.32. The van der Waals surface area contributed by atoms with E-state index in [4.69, 9.17) is 0 Å². The third-order valence-electron chi connectivity index (χ3n) is 6.01. The van der Waals surface area contributed by atoms with Gasteiger partial charge in [-0.05, 0) is 57.1 Å². The van der Waals surface area contributed by atoms with Crippen LogP contribution in [0.25, 0.3) is 0 Å². The van der Waals surface area contributed by atoms with E-state index in [-0.39, 0.29) is 17.7 Å². The van der Waals surface area contributed by atoms with E-state index < -0.39 is 0 Å². The Kier molecular flexibility index (Phi) is 6.04. The summed E-state index contributed by atoms with van der Waals surface area (Å²) in [7, 11) is 0. The number of aromatic nitrogens is 2. The minimum Gasteiger partial charge on any atom is -0.352 e. The van der Waals surface area contributed by atoms with Crippen molar-refractivity contribution in [3.05, 3.63) is 38.8 Å². The summed E-state index contributed by atoms with van der Waals surface area (Å²) in [6.07, 6.45) is 7.77. The van der Waals surface area contributed by atoms with Gasteiger partial charge in [-0.15, -0.1) is 11.3 Å². The molecule has 0 aromatic carbocycles. The molecule has 2 aromatic heterocycles. The fourth-order valence-electron chi connectivity index (χ4n) is 4.33. The second kappa shape index (κ2) is 8.69. The first-order chi connectivity index (χ1) is 14.0. The molecule has 1 atom stereocenters. The summed E-state index contributed by atoms with van der Waals surface area (Å²) in [6, 6.07) is 2.04. The summed E-state index contributed by atoms with van der Waals surface area (Å²) >= 11 is 1.63. The van der Waals surface area contributed by atoms with Crippen LogP contribution in [-0.2, 0) is 30.7 Å². The Morgan fingerprint density at radius 2 is 2.10 bits per heavy atom. The Bertz CT molecular complexity index is 895. The van der Waals surface area contributed by atoms with Crippen LogP contribution in [0, 0.1) is 12.8 Å². The summed E-state index contributed by atoms with van der Waals surface area (Å²) in [4.78, 5) is 29.5. The number of nitrogens with zero attached hydrogens (tertiary/aromatic N) is 3. The van der Waals surface area contributed by atoms with Gasteiger partial charge in [0.15, 0.2) is 0 Å². The molecule has 4 rings (SSSR count). The summed E-state index contributed by atoms with van der Waals surface area (Å²) in [6.45, 7) is 7.30. The zero-order chi connectivity index (χ0) is 20.4. The first-order valence-electron chi connectivity index (χ1n) is 10.8. The molecule has 2 aromatic rings. The molecule has 1 fully saturated rings. The number of carbonyl (C=O) groups is 2. The maximum absolute atomic E-state index is 12.8. The van der Waals surface area contributed by atoms with Crippen LogP contribution in [0.5, 0.6) is 0 Å². The van der Waals surface area contributed by atoms with Gasteiger partial charge in [0, 0.05) is 48.7 Å². The highest BCUT2D eigenvalue weighted by Crippen LogP contribution is 2.33. The van der Waals surface area contributed by atoms with Crippen LogP contribution >= 0.6 is 11.3 Å². The average molecular weight is 415 g/mol. The van der Waals surface area contributed by atoms with Gasteiger partial charge in [-0.2, -0.15) is 5.10 Å². The topological polar surface area (TPSA) is 67.2 Å². The van der Waals surface area contributed by atoms with E-state index in [9.17, 15) is 9.59 Å². The summed E-state index contributed by atoms with van der Waals surface area (Å²) in [5.41, 5.74) is 3.25. The molecule has 156 valence electrons. The number of rotatable bonds is 6. The summed E-state index contributed by atoms with van der Waals surface area (Å²) in [5, 5.41) is 7.61. The van der Waals surface area contributed by atoms with Crippen LogP contribution in [0.2, 0.25) is 0 Å². The Balaban J connectivity index is 1.35. The van der Waals surface area contributed by atoms with E-state index in [1.807, 2.05) is 28.8 Å². The molecule has 1 aliphatic carbocycles. The fraction of sp³-hybridized carbons (Fsp3) is 0.591. The van der Waals surface area contributed by atoms with Gasteiger partial charge < -0.3 is 10.2 Å². The Hall–Kier alpha value is -2.15. The van der Waals surface area contributed by atoms with Gasteiger partial charge in [0.25, 0.3) is 5.91 Å². The standard InChI is InChI=1S/C22H30N4O2S/c1-3-8-26-14-18(15(2)24-26)13-23-21(27)16-6-7-19-17(11-16)12-20(29-19)22(28)25-9-4-5-10-25/h12,14,16H,3-11,13H2,1-2H3,(H,23,27)/t16-/m0/s1. The van der Waals surface area contributed by atoms with Crippen molar-refractivity contribution < 1.29 is 9.59 Å². The molecule has 0 saturated carbocycles. The molecule has 1 saturated heterocycles. The van der Waals surface area contributed by atoms with Crippen molar-refractivity contribution in [2.24, 2.45) is 5.92 Å². The molecule has 3 heterocycles. The van der Waals surface area contributed by atoms with Crippen molar-refractivity contribution in [3.63, 3.8) is 0 Å². The lowest BCUT2D eigenvalue weighted by atomic mass is 9.87. The van der Waals surface area contributed by atoms with Gasteiger partial charge in [-0.1, -0.05) is 6.92 Å². The van der Waals surface area contributed by atoms with Crippen molar-refractivity contribution in [1.82, 2.24) is 20.0 Å². The molecule has 0 bridgehead atoms. The zero-order valence-corrected chi connectivity index (χ0v) is 18.2. The highest BCUT2D eigenvalue weighted by Gasteiger charge is 2.29. The Morgan fingerprint density at radius 3 is 2.86 bits per heavy atom. The number of thiophene rings is 1. The second-order valence-corrected chi connectivity index (χ2v) is 9.36. The van der Waals surface area contributed by atoms with Crippen LogP contribution in [0.4, 0.5) is 0 Å². The lowest BCUT2D eigenvalue weighted by Crippen LogP contribution is -2.33. The molecule has 2 aliphatic rings. The minimum atomic E-state index is -0.0159. The van der Waals surface area contributed by atoms with Crippen molar-refractivity contribution >= 4 is 23.2 Å². The maximum atomic E-state index is 12.8. The maximum Gasteiger partial charge on any atom is 0.263 e. The molecular weight excluding hydrogens is 384 g/mol. The van der Waals surface area contributed by atoms with Crippen molar-refractivity contribution in [1.29, 1.82) is 0 Å². The molecular formula is C22H30N4O2S. The molecule has 0 spiro atoms. The molecule has 29 heavy (non-hydrogen) atoms. The molecule has 7 heteroatoms. The fourth-order valence-corrected chi connectivity index (χ4v) is 5.51. The number of fused-ring (bicyclic) bond motifs is 1. The highest BCUT2D eigenvalue weighted by molar-refractivity contribution is 7.14. The first kappa shape index (κ1) is 20.1. The van der Waals surface area contributed by atoms with Gasteiger partial charge >= 0.3 is 0 Å². The molecule has 1 aliphatic heterocycles. The van der Waals surface area contributed by atoms with Crippen molar-refractivity contribution in [2.45, 2.75) is 65.5 Å². The predicted molar refractivity (Wildman–Crippen MR) is 114 cm³/mol. The van der Waals surface area contributed by atoms with Crippen LogP contribution < -0.4 is 5.32 Å². The number of nitrogens with one attached hydrogen (secondary N) is 1. The van der Waals surface area contributed by atoms with E-state index in [0.29, 0.717) is 6.54 Å². The quantitative estimate of drug-likeness (QED) is 0.788. The van der Waals surface area contributed by atoms with Crippen LogP contribution in [0.15, 0.2) is 12.3 Å². The molecule has 0 radical (unpaired) electrons. The third-order valence-corrected chi connectivity index (χ3v) is 7.24. The third kappa shape index (κ3) is 4.39. The zero-order valence-electron chi connectivity index (χ0n) is 17.4. The van der Waals surface area contributed by atoms with E-state index in [0.717, 1.165) is 74.3 Å². The highest BCUT2D eigenvalue weighted by atomic mass is 32.1. The number of carbonyl (C=O) groups excluding carboxylic acids is 2. The Labute approximate surface area is 176 Å². The number of hydrogen-bond acceptors (Lipinski definition) is 4. The van der Waals surface area contributed by atoms with Crippen LogP contribution in [-0.4, -0.2) is 39.6 Å². The number of likely N-dealkylation sites (tertiary alicyclic amines) is 1. The number of amides is 2. The van der Waals surface area contributed by atoms with Gasteiger partial charge in [-0.3, -0.25) is 14.3 Å². The summed E-state index contributed by atoms with van der Waals surface area (Å²) < 4.78 is 1.95. The normalized spacial score (nSPS) is 18.7. The summed E-state index contributed by atoms with van der Waals surface area (Å²) in [5.74, 6) is 0.261. The van der Waals surface area contributed by atoms with E-state index in [1.54, 1.807) is 11.3 Å². The smallest absolute Gasteiger partial charge is 0.263 e. The lowest BCUT2D eigenvalue weighted by molar-refractivity contribution is -0.125. The molecule has 6 nitrogen and oxygen atoms in total. The van der Waals surface area contributed by atoms with Crippen molar-refractivity contribution in [3.8, 4) is 0 Å². The average Bonchev–Trinajstić information content (AvgIpc) is 3.45. The van der Waals surface area contributed by atoms with E-state index >= 15 is 0 Å². The largest absolute Gasteiger partial charge is 0.352 e. The van der Waals surface area contributed by atoms with Gasteiger partial charge in [0.1, 0.15) is 0 Å². The lowest BCUT2D eigenvalue weighted by Gasteiger charge is -2.21. The van der Waals surface area contributed by atoms with E-state index in [1.165, 1.54) is 10.4 Å². The Morgan fingerprint density at radius 1 is 1.31 bits per heavy atom. The molecule has 1 N–H and O–H groups in total. The minimum absolute atomic E-state index is 0.0159. The second-order valence-electron chi connectivity index (χ2n) is 8.22. The first-order valence-corrected chi connectivity index (χ1v) is 11.6. The van der Waals surface area contributed by atoms with Gasteiger partial charge in [0.05, 0.1) is 10.6 Å². The van der Waals surface area contributed by atoms with Crippen molar-refractivity contribution in [2.75, 3.05) is 13.1 Å². The molecule has 2 amide bonds. The number of hydrogen-bond donors (Lipinski definition) is 1. The monoisotopic (exact) mass is 414 g/mol. The van der Waals surface area contributed by atoms with Crippen LogP contribution in [0.3, 0.4) is 0 Å². The van der Waals surface area contributed by atoms with Crippen LogP contribution in [0.1, 0.15) is 64.0 Å². The van der Waals surface area contributed by atoms with Gasteiger partial charge in [0.2, 0.25) is 5.91 Å². The SMILES string of the molecule is CCCn1cc(CNC(=O)[C@H]2CCc3sc(C(=O)N4CCCC4)cc3C2)c(C)n1. The van der Waals surface area contributed by atoms with E-state index in [2.05, 4.69) is 17.3 Å². The molecule has 0 unspecified atom stereocenters. The number of aryl methyl sites for hydroxylation is 3. The van der Waals surface area contributed by atoms with Gasteiger partial charge in [-0.25, -0.2) is 0 Å².